The van der Waals surface area contributed by atoms with Gasteiger partial charge in [-0.3, -0.25) is 0 Å². The normalized spacial score (nSPS) is 12.7. The van der Waals surface area contributed by atoms with Crippen molar-refractivity contribution in [3.63, 3.8) is 0 Å². The van der Waals surface area contributed by atoms with Gasteiger partial charge in [-0.2, -0.15) is 0 Å². The van der Waals surface area contributed by atoms with Crippen LogP contribution < -0.4 is 5.32 Å². The topological polar surface area (TPSA) is 25.2 Å². The first-order valence-corrected chi connectivity index (χ1v) is 6.09. The fourth-order valence-electron chi connectivity index (χ4n) is 1.82. The highest BCUT2D eigenvalue weighted by Gasteiger charge is 2.21. The van der Waals surface area contributed by atoms with Crippen molar-refractivity contribution < 1.29 is 8.81 Å². The Hall–Kier alpha value is -1.13. The summed E-state index contributed by atoms with van der Waals surface area (Å²) in [5.74, 6) is 0.440. The second kappa shape index (κ2) is 5.02. The number of halogens is 2. The molecule has 1 N–H and O–H groups in total. The summed E-state index contributed by atoms with van der Waals surface area (Å²) < 4.78 is 20.1. The summed E-state index contributed by atoms with van der Waals surface area (Å²) >= 11 is 3.39. The summed E-state index contributed by atoms with van der Waals surface area (Å²) in [5, 5.41) is 3.07. The minimum absolute atomic E-state index is 0.238. The molecule has 0 bridgehead atoms. The summed E-state index contributed by atoms with van der Waals surface area (Å²) in [6.07, 6.45) is 1.58. The number of nitrogens with one attached hydrogen (secondary N) is 1. The Balaban J connectivity index is 2.49. The molecule has 1 aromatic heterocycles. The van der Waals surface area contributed by atoms with Crippen LogP contribution >= 0.6 is 15.9 Å². The molecule has 0 saturated carbocycles. The third-order valence-corrected chi connectivity index (χ3v) is 3.31. The second-order valence-electron chi connectivity index (χ2n) is 3.88. The molecule has 0 saturated heterocycles. The van der Waals surface area contributed by atoms with Crippen molar-refractivity contribution in [1.29, 1.82) is 0 Å². The molecule has 2 rings (SSSR count). The van der Waals surface area contributed by atoms with Crippen LogP contribution in [0.3, 0.4) is 0 Å². The van der Waals surface area contributed by atoms with E-state index in [1.807, 2.05) is 13.0 Å². The molecule has 2 nitrogen and oxygen atoms in total. The van der Waals surface area contributed by atoms with Crippen LogP contribution in [0, 0.1) is 12.7 Å². The van der Waals surface area contributed by atoms with E-state index in [2.05, 4.69) is 21.2 Å². The Kier molecular flexibility index (Phi) is 3.64. The molecule has 0 fully saturated rings. The highest BCUT2D eigenvalue weighted by atomic mass is 79.9. The minimum Gasteiger partial charge on any atom is -0.466 e. The number of furan rings is 1. The van der Waals surface area contributed by atoms with Gasteiger partial charge in [0, 0.05) is 5.56 Å². The average Bonchev–Trinajstić information content (AvgIpc) is 2.71. The van der Waals surface area contributed by atoms with Gasteiger partial charge in [0.2, 0.25) is 0 Å². The largest absolute Gasteiger partial charge is 0.466 e. The molecule has 1 aromatic carbocycles. The lowest BCUT2D eigenvalue weighted by Gasteiger charge is -2.16. The molecule has 0 radical (unpaired) electrons. The Labute approximate surface area is 108 Å². The lowest BCUT2D eigenvalue weighted by molar-refractivity contribution is 0.450. The van der Waals surface area contributed by atoms with Crippen LogP contribution in [0.4, 0.5) is 4.39 Å². The van der Waals surface area contributed by atoms with E-state index in [-0.39, 0.29) is 11.9 Å². The lowest BCUT2D eigenvalue weighted by Crippen LogP contribution is -2.19. The summed E-state index contributed by atoms with van der Waals surface area (Å²) in [6, 6.07) is 6.56. The van der Waals surface area contributed by atoms with Crippen LogP contribution in [0.2, 0.25) is 0 Å². The smallest absolute Gasteiger partial charge is 0.139 e. The quantitative estimate of drug-likeness (QED) is 0.932. The van der Waals surface area contributed by atoms with Gasteiger partial charge in [0.25, 0.3) is 0 Å². The van der Waals surface area contributed by atoms with Crippen molar-refractivity contribution in [1.82, 2.24) is 5.32 Å². The molecule has 0 aliphatic heterocycles. The zero-order valence-electron chi connectivity index (χ0n) is 9.63. The maximum Gasteiger partial charge on any atom is 0.139 e. The van der Waals surface area contributed by atoms with Gasteiger partial charge in [0.15, 0.2) is 0 Å². The van der Waals surface area contributed by atoms with E-state index in [9.17, 15) is 4.39 Å². The van der Waals surface area contributed by atoms with Crippen LogP contribution in [0.5, 0.6) is 0 Å². The lowest BCUT2D eigenvalue weighted by atomic mass is 10.0. The molecule has 17 heavy (non-hydrogen) atoms. The van der Waals surface area contributed by atoms with Gasteiger partial charge < -0.3 is 9.73 Å². The minimum atomic E-state index is -0.292. The highest BCUT2D eigenvalue weighted by Crippen LogP contribution is 2.30. The molecule has 0 aliphatic carbocycles. The maximum absolute atomic E-state index is 13.8. The zero-order valence-corrected chi connectivity index (χ0v) is 11.2. The van der Waals surface area contributed by atoms with Gasteiger partial charge in [-0.15, -0.1) is 0 Å². The number of benzene rings is 1. The van der Waals surface area contributed by atoms with Crippen molar-refractivity contribution in [2.75, 3.05) is 7.05 Å². The Bertz CT molecular complexity index is 524. The molecule has 1 atom stereocenters. The summed E-state index contributed by atoms with van der Waals surface area (Å²) in [4.78, 5) is 0. The third kappa shape index (κ3) is 2.42. The number of aryl methyl sites for hydroxylation is 1. The van der Waals surface area contributed by atoms with Gasteiger partial charge in [0.1, 0.15) is 11.6 Å². The molecular weight excluding hydrogens is 285 g/mol. The van der Waals surface area contributed by atoms with Gasteiger partial charge in [-0.25, -0.2) is 4.39 Å². The molecule has 0 amide bonds. The number of hydrogen-bond donors (Lipinski definition) is 1. The predicted molar refractivity (Wildman–Crippen MR) is 68.4 cm³/mol. The number of rotatable bonds is 3. The molecule has 0 spiro atoms. The molecular formula is C13H13BrFNO. The second-order valence-corrected chi connectivity index (χ2v) is 4.73. The maximum atomic E-state index is 13.8. The predicted octanol–water partition coefficient (Wildman–Crippen LogP) is 3.80. The molecule has 1 heterocycles. The molecule has 90 valence electrons. The first-order chi connectivity index (χ1) is 8.13. The van der Waals surface area contributed by atoms with E-state index >= 15 is 0 Å². The van der Waals surface area contributed by atoms with Crippen LogP contribution in [-0.4, -0.2) is 7.05 Å². The van der Waals surface area contributed by atoms with Crippen molar-refractivity contribution in [2.45, 2.75) is 13.0 Å². The van der Waals surface area contributed by atoms with Crippen molar-refractivity contribution in [3.8, 4) is 0 Å². The first kappa shape index (κ1) is 12.3. The standard InChI is InChI=1S/C13H13BrFNO/c1-8-3-4-11(15)9(7-8)12(16-2)13-10(14)5-6-17-13/h3-7,12,16H,1-2H3. The monoisotopic (exact) mass is 297 g/mol. The van der Waals surface area contributed by atoms with Crippen LogP contribution in [0.25, 0.3) is 0 Å². The zero-order chi connectivity index (χ0) is 12.4. The summed E-state index contributed by atoms with van der Waals surface area (Å²) in [6.45, 7) is 1.94. The number of hydrogen-bond acceptors (Lipinski definition) is 2. The van der Waals surface area contributed by atoms with Gasteiger partial charge in [0.05, 0.1) is 16.8 Å². The van der Waals surface area contributed by atoms with Crippen LogP contribution in [0.1, 0.15) is 22.9 Å². The summed E-state index contributed by atoms with van der Waals surface area (Å²) in [5.41, 5.74) is 1.60. The van der Waals surface area contributed by atoms with E-state index < -0.39 is 0 Å². The molecule has 2 aromatic rings. The first-order valence-electron chi connectivity index (χ1n) is 5.29. The SMILES string of the molecule is CNC(c1cc(C)ccc1F)c1occc1Br. The molecule has 4 heteroatoms. The fraction of sp³-hybridized carbons (Fsp3) is 0.231. The van der Waals surface area contributed by atoms with Crippen molar-refractivity contribution in [3.05, 3.63) is 57.7 Å². The van der Waals surface area contributed by atoms with E-state index in [1.165, 1.54) is 6.07 Å². The Morgan fingerprint density at radius 1 is 1.35 bits per heavy atom. The van der Waals surface area contributed by atoms with Gasteiger partial charge in [-0.1, -0.05) is 17.7 Å². The third-order valence-electron chi connectivity index (χ3n) is 2.66. The van der Waals surface area contributed by atoms with Crippen molar-refractivity contribution in [2.24, 2.45) is 0 Å². The van der Waals surface area contributed by atoms with Gasteiger partial charge in [-0.05, 0) is 42.0 Å². The van der Waals surface area contributed by atoms with Crippen molar-refractivity contribution >= 4 is 15.9 Å². The Morgan fingerprint density at radius 3 is 2.71 bits per heavy atom. The van der Waals surface area contributed by atoms with Gasteiger partial charge >= 0.3 is 0 Å². The van der Waals surface area contributed by atoms with E-state index in [4.69, 9.17) is 4.42 Å². The molecule has 1 unspecified atom stereocenters. The summed E-state index contributed by atoms with van der Waals surface area (Å²) in [7, 11) is 1.78. The van der Waals surface area contributed by atoms with E-state index in [0.29, 0.717) is 11.3 Å². The Morgan fingerprint density at radius 2 is 2.12 bits per heavy atom. The van der Waals surface area contributed by atoms with Crippen LogP contribution in [0.15, 0.2) is 39.4 Å². The average molecular weight is 298 g/mol. The molecule has 0 aliphatic rings. The van der Waals surface area contributed by atoms with Crippen LogP contribution in [-0.2, 0) is 0 Å². The van der Waals surface area contributed by atoms with E-state index in [1.54, 1.807) is 25.4 Å². The fourth-order valence-corrected chi connectivity index (χ4v) is 2.25. The highest BCUT2D eigenvalue weighted by molar-refractivity contribution is 9.10. The van der Waals surface area contributed by atoms with E-state index in [0.717, 1.165) is 10.0 Å².